The van der Waals surface area contributed by atoms with Gasteiger partial charge in [0, 0.05) is 0 Å². The lowest BCUT2D eigenvalue weighted by Gasteiger charge is -1.89. The fourth-order valence-electron chi connectivity index (χ4n) is 0.855. The predicted octanol–water partition coefficient (Wildman–Crippen LogP) is -1.01. The van der Waals surface area contributed by atoms with Crippen LogP contribution in [0.2, 0.25) is 0 Å². The molecule has 2 aromatic heterocycles. The standard InChI is InChI=1S/C6H4N6O2/c13-5(3-1-7-11-9-3)6(14)4-2-8-12-10-4/h1-2H,(H,7,9,11)(H,8,10,12). The number of hydrogen-bond acceptors (Lipinski definition) is 6. The lowest BCUT2D eigenvalue weighted by Crippen LogP contribution is -2.15. The van der Waals surface area contributed by atoms with Gasteiger partial charge in [-0.05, 0) is 0 Å². The van der Waals surface area contributed by atoms with Crippen LogP contribution in [0.25, 0.3) is 0 Å². The Hall–Kier alpha value is -2.38. The number of aromatic nitrogens is 6. The third-order valence-corrected chi connectivity index (χ3v) is 1.50. The largest absolute Gasteiger partial charge is 0.283 e. The molecule has 0 aliphatic carbocycles. The molecule has 14 heavy (non-hydrogen) atoms. The van der Waals surface area contributed by atoms with Crippen molar-refractivity contribution in [3.05, 3.63) is 23.8 Å². The number of hydrogen-bond donors (Lipinski definition) is 2. The van der Waals surface area contributed by atoms with Crippen LogP contribution in [-0.2, 0) is 0 Å². The number of nitrogens with one attached hydrogen (secondary N) is 2. The van der Waals surface area contributed by atoms with Gasteiger partial charge in [-0.2, -0.15) is 30.8 Å². The Labute approximate surface area is 76.7 Å². The van der Waals surface area contributed by atoms with Gasteiger partial charge in [0.1, 0.15) is 0 Å². The van der Waals surface area contributed by atoms with Crippen molar-refractivity contribution in [2.24, 2.45) is 0 Å². The van der Waals surface area contributed by atoms with Crippen LogP contribution in [0.15, 0.2) is 12.4 Å². The molecule has 0 atom stereocenters. The monoisotopic (exact) mass is 192 g/mol. The minimum absolute atomic E-state index is 0.0435. The van der Waals surface area contributed by atoms with Gasteiger partial charge in [-0.25, -0.2) is 0 Å². The third-order valence-electron chi connectivity index (χ3n) is 1.50. The van der Waals surface area contributed by atoms with Gasteiger partial charge in [0.05, 0.1) is 12.4 Å². The Morgan fingerprint density at radius 2 is 1.36 bits per heavy atom. The van der Waals surface area contributed by atoms with Crippen LogP contribution in [0.1, 0.15) is 21.0 Å². The van der Waals surface area contributed by atoms with Crippen molar-refractivity contribution in [2.45, 2.75) is 0 Å². The highest BCUT2D eigenvalue weighted by Gasteiger charge is 2.22. The van der Waals surface area contributed by atoms with Crippen LogP contribution in [0.3, 0.4) is 0 Å². The Morgan fingerprint density at radius 3 is 1.64 bits per heavy atom. The summed E-state index contributed by atoms with van der Waals surface area (Å²) in [6.45, 7) is 0. The maximum Gasteiger partial charge on any atom is 0.257 e. The van der Waals surface area contributed by atoms with E-state index in [2.05, 4.69) is 30.8 Å². The second-order valence-electron chi connectivity index (χ2n) is 2.37. The second-order valence-corrected chi connectivity index (χ2v) is 2.37. The van der Waals surface area contributed by atoms with Gasteiger partial charge >= 0.3 is 0 Å². The minimum atomic E-state index is -0.771. The average molecular weight is 192 g/mol. The highest BCUT2D eigenvalue weighted by atomic mass is 16.2. The number of ketones is 2. The summed E-state index contributed by atoms with van der Waals surface area (Å²) < 4.78 is 0. The quantitative estimate of drug-likeness (QED) is 0.475. The maximum atomic E-state index is 11.4. The first-order valence-corrected chi connectivity index (χ1v) is 3.59. The molecule has 0 spiro atoms. The zero-order chi connectivity index (χ0) is 9.97. The average Bonchev–Trinajstić information content (AvgIpc) is 2.87. The van der Waals surface area contributed by atoms with Gasteiger partial charge in [0.25, 0.3) is 11.6 Å². The zero-order valence-electron chi connectivity index (χ0n) is 6.76. The Morgan fingerprint density at radius 1 is 0.929 bits per heavy atom. The van der Waals surface area contributed by atoms with Crippen molar-refractivity contribution < 1.29 is 9.59 Å². The van der Waals surface area contributed by atoms with E-state index in [1.54, 1.807) is 0 Å². The normalized spacial score (nSPS) is 10.0. The van der Waals surface area contributed by atoms with Crippen LogP contribution >= 0.6 is 0 Å². The van der Waals surface area contributed by atoms with Gasteiger partial charge in [-0.1, -0.05) is 0 Å². The summed E-state index contributed by atoms with van der Waals surface area (Å²) >= 11 is 0. The fraction of sp³-hybridized carbons (Fsp3) is 0. The van der Waals surface area contributed by atoms with E-state index in [4.69, 9.17) is 0 Å². The number of carbonyl (C=O) groups is 2. The number of aromatic amines is 2. The smallest absolute Gasteiger partial charge is 0.257 e. The molecule has 2 heterocycles. The predicted molar refractivity (Wildman–Crippen MR) is 41.4 cm³/mol. The number of Topliss-reactive ketones (excluding diaryl/α,β-unsaturated/α-hetero) is 2. The van der Waals surface area contributed by atoms with Crippen molar-refractivity contribution in [3.8, 4) is 0 Å². The molecular formula is C6H4N6O2. The molecule has 2 N–H and O–H groups in total. The third kappa shape index (κ3) is 1.28. The number of H-pyrrole nitrogens is 2. The number of rotatable bonds is 3. The van der Waals surface area contributed by atoms with E-state index >= 15 is 0 Å². The molecule has 0 saturated heterocycles. The summed E-state index contributed by atoms with van der Waals surface area (Å²) in [6.07, 6.45) is 2.33. The van der Waals surface area contributed by atoms with Gasteiger partial charge in [0.2, 0.25) is 0 Å². The molecule has 0 aliphatic heterocycles. The van der Waals surface area contributed by atoms with E-state index in [1.165, 1.54) is 12.4 Å². The first kappa shape index (κ1) is 8.23. The Bertz CT molecular complexity index is 400. The summed E-state index contributed by atoms with van der Waals surface area (Å²) in [6, 6.07) is 0. The van der Waals surface area contributed by atoms with Crippen molar-refractivity contribution in [1.82, 2.24) is 30.8 Å². The lowest BCUT2D eigenvalue weighted by molar-refractivity contribution is 0.0811. The van der Waals surface area contributed by atoms with E-state index in [-0.39, 0.29) is 11.4 Å². The Balaban J connectivity index is 2.26. The minimum Gasteiger partial charge on any atom is -0.283 e. The van der Waals surface area contributed by atoms with Gasteiger partial charge in [-0.15, -0.1) is 0 Å². The second kappa shape index (κ2) is 3.17. The molecule has 8 heteroatoms. The first-order valence-electron chi connectivity index (χ1n) is 3.59. The molecule has 0 amide bonds. The van der Waals surface area contributed by atoms with Crippen LogP contribution in [0.5, 0.6) is 0 Å². The van der Waals surface area contributed by atoms with Crippen LogP contribution in [0, 0.1) is 0 Å². The topological polar surface area (TPSA) is 117 Å². The fourth-order valence-corrected chi connectivity index (χ4v) is 0.855. The van der Waals surface area contributed by atoms with Crippen molar-refractivity contribution in [2.75, 3.05) is 0 Å². The molecule has 0 fully saturated rings. The molecule has 0 aliphatic rings. The van der Waals surface area contributed by atoms with Crippen LogP contribution < -0.4 is 0 Å². The molecule has 70 valence electrons. The molecule has 0 aromatic carbocycles. The molecule has 8 nitrogen and oxygen atoms in total. The summed E-state index contributed by atoms with van der Waals surface area (Å²) in [5.74, 6) is -1.54. The van der Waals surface area contributed by atoms with Crippen LogP contribution in [-0.4, -0.2) is 42.4 Å². The van der Waals surface area contributed by atoms with Crippen molar-refractivity contribution >= 4 is 11.6 Å². The van der Waals surface area contributed by atoms with Crippen LogP contribution in [0.4, 0.5) is 0 Å². The van der Waals surface area contributed by atoms with Gasteiger partial charge in [-0.3, -0.25) is 9.59 Å². The molecule has 0 saturated carbocycles. The highest BCUT2D eigenvalue weighted by molar-refractivity contribution is 6.48. The molecule has 0 unspecified atom stereocenters. The van der Waals surface area contributed by atoms with Gasteiger partial charge in [0.15, 0.2) is 11.4 Å². The molecule has 0 bridgehead atoms. The van der Waals surface area contributed by atoms with Crippen molar-refractivity contribution in [1.29, 1.82) is 0 Å². The van der Waals surface area contributed by atoms with E-state index in [0.29, 0.717) is 0 Å². The zero-order valence-corrected chi connectivity index (χ0v) is 6.76. The maximum absolute atomic E-state index is 11.4. The van der Waals surface area contributed by atoms with E-state index < -0.39 is 11.6 Å². The summed E-state index contributed by atoms with van der Waals surface area (Å²) in [5.41, 5.74) is -0.0870. The summed E-state index contributed by atoms with van der Waals surface area (Å²) in [5, 5.41) is 18.3. The SMILES string of the molecule is O=C(C(=O)c1cn[nH]n1)c1cn[nH]n1. The van der Waals surface area contributed by atoms with Gasteiger partial charge < -0.3 is 0 Å². The van der Waals surface area contributed by atoms with E-state index in [1.807, 2.05) is 0 Å². The highest BCUT2D eigenvalue weighted by Crippen LogP contribution is 1.99. The molecular weight excluding hydrogens is 188 g/mol. The van der Waals surface area contributed by atoms with E-state index in [0.717, 1.165) is 0 Å². The lowest BCUT2D eigenvalue weighted by atomic mass is 10.2. The number of nitrogens with zero attached hydrogens (tertiary/aromatic N) is 4. The molecule has 2 rings (SSSR count). The summed E-state index contributed by atoms with van der Waals surface area (Å²) in [4.78, 5) is 22.7. The van der Waals surface area contributed by atoms with E-state index in [9.17, 15) is 9.59 Å². The van der Waals surface area contributed by atoms with Crippen molar-refractivity contribution in [3.63, 3.8) is 0 Å². The first-order chi connectivity index (χ1) is 6.79. The molecule has 2 aromatic rings. The molecule has 0 radical (unpaired) electrons. The Kier molecular flexibility index (Phi) is 1.86. The summed E-state index contributed by atoms with van der Waals surface area (Å²) in [7, 11) is 0. The number of carbonyl (C=O) groups excluding carboxylic acids is 2.